The van der Waals surface area contributed by atoms with Gasteiger partial charge < -0.3 is 5.73 Å². The van der Waals surface area contributed by atoms with Crippen LogP contribution in [0.15, 0.2) is 30.5 Å². The van der Waals surface area contributed by atoms with Gasteiger partial charge in [0.05, 0.1) is 5.52 Å². The third kappa shape index (κ3) is 1.80. The van der Waals surface area contributed by atoms with Crippen molar-refractivity contribution in [2.24, 2.45) is 0 Å². The summed E-state index contributed by atoms with van der Waals surface area (Å²) in [5.74, 6) is 0. The summed E-state index contributed by atoms with van der Waals surface area (Å²) >= 11 is 0. The first-order chi connectivity index (χ1) is 6.98. The number of hydrogen-bond donors (Lipinski definition) is 1. The smallest absolute Gasteiger partial charge is 0.0722 e. The van der Waals surface area contributed by atoms with E-state index in [2.05, 4.69) is 37.9 Å². The molecule has 0 unspecified atom stereocenters. The van der Waals surface area contributed by atoms with Crippen LogP contribution in [0.5, 0.6) is 0 Å². The molecule has 0 saturated heterocycles. The summed E-state index contributed by atoms with van der Waals surface area (Å²) in [6.45, 7) is 6.59. The normalized spacial score (nSPS) is 11.9. The SMILES string of the molecule is CC(C)(C)c1ccc2nccc(N)c2c1. The largest absolute Gasteiger partial charge is 0.398 e. The molecule has 0 bridgehead atoms. The average molecular weight is 200 g/mol. The topological polar surface area (TPSA) is 38.9 Å². The second-order valence-electron chi connectivity index (χ2n) is 4.88. The van der Waals surface area contributed by atoms with Gasteiger partial charge >= 0.3 is 0 Å². The van der Waals surface area contributed by atoms with E-state index in [9.17, 15) is 0 Å². The lowest BCUT2D eigenvalue weighted by molar-refractivity contribution is 0.591. The Balaban J connectivity index is 2.70. The van der Waals surface area contributed by atoms with E-state index in [0.29, 0.717) is 0 Å². The van der Waals surface area contributed by atoms with E-state index in [4.69, 9.17) is 5.73 Å². The van der Waals surface area contributed by atoms with E-state index in [1.54, 1.807) is 6.20 Å². The maximum absolute atomic E-state index is 5.93. The van der Waals surface area contributed by atoms with E-state index in [-0.39, 0.29) is 5.41 Å². The van der Waals surface area contributed by atoms with Crippen LogP contribution in [0.2, 0.25) is 0 Å². The van der Waals surface area contributed by atoms with Crippen molar-refractivity contribution < 1.29 is 0 Å². The molecule has 0 saturated carbocycles. The van der Waals surface area contributed by atoms with Gasteiger partial charge in [-0.25, -0.2) is 0 Å². The first-order valence-corrected chi connectivity index (χ1v) is 5.13. The molecule has 2 nitrogen and oxygen atoms in total. The molecule has 0 atom stereocenters. The zero-order valence-corrected chi connectivity index (χ0v) is 9.41. The predicted octanol–water partition coefficient (Wildman–Crippen LogP) is 3.11. The number of nitrogens with zero attached hydrogens (tertiary/aromatic N) is 1. The first-order valence-electron chi connectivity index (χ1n) is 5.13. The van der Waals surface area contributed by atoms with Crippen molar-refractivity contribution in [2.45, 2.75) is 26.2 Å². The molecule has 2 aromatic rings. The fourth-order valence-corrected chi connectivity index (χ4v) is 1.63. The van der Waals surface area contributed by atoms with Crippen LogP contribution in [-0.2, 0) is 5.41 Å². The van der Waals surface area contributed by atoms with E-state index < -0.39 is 0 Å². The van der Waals surface area contributed by atoms with Crippen LogP contribution in [0, 0.1) is 0 Å². The van der Waals surface area contributed by atoms with Crippen LogP contribution in [0.3, 0.4) is 0 Å². The van der Waals surface area contributed by atoms with Gasteiger partial charge in [-0.05, 0) is 29.2 Å². The van der Waals surface area contributed by atoms with Crippen molar-refractivity contribution in [1.82, 2.24) is 4.98 Å². The highest BCUT2D eigenvalue weighted by Gasteiger charge is 2.14. The predicted molar refractivity (Wildman–Crippen MR) is 64.9 cm³/mol. The summed E-state index contributed by atoms with van der Waals surface area (Å²) in [6.07, 6.45) is 1.74. The van der Waals surface area contributed by atoms with Crippen LogP contribution in [0.4, 0.5) is 5.69 Å². The molecule has 0 spiro atoms. The zero-order valence-electron chi connectivity index (χ0n) is 9.41. The van der Waals surface area contributed by atoms with E-state index in [0.717, 1.165) is 16.6 Å². The Morgan fingerprint density at radius 3 is 2.53 bits per heavy atom. The molecule has 2 heteroatoms. The molecule has 0 aliphatic heterocycles. The standard InChI is InChI=1S/C13H16N2/c1-13(2,3)9-4-5-12-10(8-9)11(14)6-7-15-12/h4-8H,1-3H3,(H2,14,15). The first kappa shape index (κ1) is 9.97. The van der Waals surface area contributed by atoms with Crippen molar-refractivity contribution in [2.75, 3.05) is 5.73 Å². The molecule has 0 radical (unpaired) electrons. The van der Waals surface area contributed by atoms with Crippen LogP contribution in [0.1, 0.15) is 26.3 Å². The second-order valence-corrected chi connectivity index (χ2v) is 4.88. The number of nitrogens with two attached hydrogens (primary N) is 1. The zero-order chi connectivity index (χ0) is 11.1. The number of hydrogen-bond acceptors (Lipinski definition) is 2. The van der Waals surface area contributed by atoms with Gasteiger partial charge in [0.25, 0.3) is 0 Å². The van der Waals surface area contributed by atoms with Gasteiger partial charge in [-0.3, -0.25) is 4.98 Å². The van der Waals surface area contributed by atoms with Gasteiger partial charge in [0.2, 0.25) is 0 Å². The van der Waals surface area contributed by atoms with Crippen molar-refractivity contribution in [3.8, 4) is 0 Å². The summed E-state index contributed by atoms with van der Waals surface area (Å²) < 4.78 is 0. The third-order valence-corrected chi connectivity index (χ3v) is 2.64. The molecule has 78 valence electrons. The number of fused-ring (bicyclic) bond motifs is 1. The number of nitrogen functional groups attached to an aromatic ring is 1. The number of rotatable bonds is 0. The van der Waals surface area contributed by atoms with Crippen LogP contribution >= 0.6 is 0 Å². The Bertz CT molecular complexity index is 495. The minimum Gasteiger partial charge on any atom is -0.398 e. The highest BCUT2D eigenvalue weighted by molar-refractivity contribution is 5.90. The Labute approximate surface area is 90.1 Å². The maximum Gasteiger partial charge on any atom is 0.0722 e. The minimum atomic E-state index is 0.149. The number of pyridine rings is 1. The highest BCUT2D eigenvalue weighted by atomic mass is 14.7. The van der Waals surface area contributed by atoms with Crippen molar-refractivity contribution in [3.63, 3.8) is 0 Å². The van der Waals surface area contributed by atoms with Gasteiger partial charge in [0.15, 0.2) is 0 Å². The molecule has 1 heterocycles. The molecule has 2 rings (SSSR count). The molecule has 15 heavy (non-hydrogen) atoms. The van der Waals surface area contributed by atoms with Gasteiger partial charge in [-0.15, -0.1) is 0 Å². The molecular formula is C13H16N2. The summed E-state index contributed by atoms with van der Waals surface area (Å²) in [7, 11) is 0. The Morgan fingerprint density at radius 2 is 1.87 bits per heavy atom. The summed E-state index contributed by atoms with van der Waals surface area (Å²) in [5.41, 5.74) is 9.12. The Hall–Kier alpha value is -1.57. The fraction of sp³-hybridized carbons (Fsp3) is 0.308. The number of benzene rings is 1. The average Bonchev–Trinajstić information content (AvgIpc) is 2.16. The Kier molecular flexibility index (Phi) is 2.14. The van der Waals surface area contributed by atoms with Crippen LogP contribution in [-0.4, -0.2) is 4.98 Å². The molecule has 0 fully saturated rings. The monoisotopic (exact) mass is 200 g/mol. The van der Waals surface area contributed by atoms with Crippen molar-refractivity contribution in [3.05, 3.63) is 36.0 Å². The van der Waals surface area contributed by atoms with E-state index >= 15 is 0 Å². The Morgan fingerprint density at radius 1 is 1.13 bits per heavy atom. The number of anilines is 1. The van der Waals surface area contributed by atoms with Crippen molar-refractivity contribution in [1.29, 1.82) is 0 Å². The molecule has 0 amide bonds. The molecule has 2 N–H and O–H groups in total. The van der Waals surface area contributed by atoms with Gasteiger partial charge in [-0.1, -0.05) is 26.8 Å². The maximum atomic E-state index is 5.93. The molecular weight excluding hydrogens is 184 g/mol. The minimum absolute atomic E-state index is 0.149. The lowest BCUT2D eigenvalue weighted by atomic mass is 9.86. The molecule has 1 aromatic heterocycles. The number of aromatic nitrogens is 1. The van der Waals surface area contributed by atoms with Crippen LogP contribution < -0.4 is 5.73 Å². The van der Waals surface area contributed by atoms with Gasteiger partial charge in [-0.2, -0.15) is 0 Å². The van der Waals surface area contributed by atoms with Crippen LogP contribution in [0.25, 0.3) is 10.9 Å². The van der Waals surface area contributed by atoms with Crippen molar-refractivity contribution >= 4 is 16.6 Å². The highest BCUT2D eigenvalue weighted by Crippen LogP contribution is 2.27. The van der Waals surface area contributed by atoms with Gasteiger partial charge in [0.1, 0.15) is 0 Å². The van der Waals surface area contributed by atoms with Gasteiger partial charge in [0, 0.05) is 17.3 Å². The summed E-state index contributed by atoms with van der Waals surface area (Å²) in [5, 5.41) is 1.05. The molecule has 0 aliphatic carbocycles. The third-order valence-electron chi connectivity index (χ3n) is 2.64. The summed E-state index contributed by atoms with van der Waals surface area (Å²) in [4.78, 5) is 4.29. The lowest BCUT2D eigenvalue weighted by Crippen LogP contribution is -2.10. The van der Waals surface area contributed by atoms with E-state index in [1.807, 2.05) is 12.1 Å². The second kappa shape index (κ2) is 3.23. The fourth-order valence-electron chi connectivity index (χ4n) is 1.63. The molecule has 0 aliphatic rings. The lowest BCUT2D eigenvalue weighted by Gasteiger charge is -2.19. The molecule has 1 aromatic carbocycles. The quantitative estimate of drug-likeness (QED) is 0.709. The summed E-state index contributed by atoms with van der Waals surface area (Å²) in [6, 6.07) is 8.13. The van der Waals surface area contributed by atoms with E-state index in [1.165, 1.54) is 5.56 Å².